The predicted octanol–water partition coefficient (Wildman–Crippen LogP) is 2.97. The molecule has 0 atom stereocenters. The fourth-order valence-corrected chi connectivity index (χ4v) is 1.52. The van der Waals surface area contributed by atoms with Gasteiger partial charge in [-0.1, -0.05) is 25.5 Å². The molecule has 2 N–H and O–H groups in total. The number of anilines is 3. The maximum absolute atomic E-state index is 13.5. The van der Waals surface area contributed by atoms with E-state index < -0.39 is 0 Å². The molecule has 0 radical (unpaired) electrons. The van der Waals surface area contributed by atoms with Gasteiger partial charge in [-0.15, -0.1) is 5.10 Å². The summed E-state index contributed by atoms with van der Waals surface area (Å²) >= 11 is 0. The van der Waals surface area contributed by atoms with Crippen molar-refractivity contribution in [3.63, 3.8) is 0 Å². The number of nitrogens with zero attached hydrogens (tertiary/aromatic N) is 3. The number of hydrogen-bond acceptors (Lipinski definition) is 5. The highest BCUT2D eigenvalue weighted by Gasteiger charge is 2.04. The number of rotatable bonds is 6. The largest absolute Gasteiger partial charge is 0.369 e. The Morgan fingerprint density at radius 1 is 1.26 bits per heavy atom. The first-order valence-corrected chi connectivity index (χ1v) is 6.24. The lowest BCUT2D eigenvalue weighted by Gasteiger charge is -2.07. The Kier molecular flexibility index (Phi) is 4.60. The highest BCUT2D eigenvalue weighted by atomic mass is 19.1. The second kappa shape index (κ2) is 6.63. The Labute approximate surface area is 111 Å². The summed E-state index contributed by atoms with van der Waals surface area (Å²) in [5, 5.41) is 13.6. The topological polar surface area (TPSA) is 62.7 Å². The van der Waals surface area contributed by atoms with Crippen molar-refractivity contribution in [3.8, 4) is 0 Å². The monoisotopic (exact) mass is 261 g/mol. The van der Waals surface area contributed by atoms with Crippen molar-refractivity contribution in [2.75, 3.05) is 17.2 Å². The first kappa shape index (κ1) is 13.2. The molecule has 2 rings (SSSR count). The van der Waals surface area contributed by atoms with Gasteiger partial charge in [0.05, 0.1) is 11.9 Å². The highest BCUT2D eigenvalue weighted by molar-refractivity contribution is 5.54. The van der Waals surface area contributed by atoms with E-state index in [2.05, 4.69) is 32.7 Å². The number of nitrogens with one attached hydrogen (secondary N) is 2. The summed E-state index contributed by atoms with van der Waals surface area (Å²) in [6.45, 7) is 2.94. The van der Waals surface area contributed by atoms with Crippen LogP contribution in [0.5, 0.6) is 0 Å². The number of halogens is 1. The van der Waals surface area contributed by atoms with Crippen LogP contribution in [0.1, 0.15) is 19.8 Å². The maximum atomic E-state index is 13.5. The molecule has 1 heterocycles. The summed E-state index contributed by atoms with van der Waals surface area (Å²) in [5.41, 5.74) is 0.329. The number of unbranched alkanes of at least 4 members (excludes halogenated alkanes) is 1. The van der Waals surface area contributed by atoms with Crippen LogP contribution >= 0.6 is 0 Å². The van der Waals surface area contributed by atoms with E-state index in [4.69, 9.17) is 0 Å². The van der Waals surface area contributed by atoms with Gasteiger partial charge in [-0.25, -0.2) is 4.39 Å². The van der Waals surface area contributed by atoms with Gasteiger partial charge in [0.2, 0.25) is 5.95 Å². The van der Waals surface area contributed by atoms with Gasteiger partial charge < -0.3 is 10.6 Å². The summed E-state index contributed by atoms with van der Waals surface area (Å²) in [4.78, 5) is 4.22. The molecule has 0 fully saturated rings. The zero-order valence-corrected chi connectivity index (χ0v) is 10.7. The van der Waals surface area contributed by atoms with E-state index in [1.54, 1.807) is 24.4 Å². The van der Waals surface area contributed by atoms with Crippen LogP contribution in [0.15, 0.2) is 30.5 Å². The van der Waals surface area contributed by atoms with Crippen LogP contribution in [-0.2, 0) is 0 Å². The quantitative estimate of drug-likeness (QED) is 0.783. The molecule has 0 aliphatic rings. The van der Waals surface area contributed by atoms with Crippen LogP contribution in [0, 0.1) is 5.82 Å². The molecule has 0 saturated carbocycles. The summed E-state index contributed by atoms with van der Waals surface area (Å²) < 4.78 is 13.5. The van der Waals surface area contributed by atoms with Gasteiger partial charge in [-0.2, -0.15) is 10.1 Å². The van der Waals surface area contributed by atoms with Crippen LogP contribution in [0.2, 0.25) is 0 Å². The second-order valence-corrected chi connectivity index (χ2v) is 4.05. The molecule has 0 spiro atoms. The van der Waals surface area contributed by atoms with E-state index in [1.807, 2.05) is 0 Å². The Morgan fingerprint density at radius 3 is 2.89 bits per heavy atom. The number of benzene rings is 1. The van der Waals surface area contributed by atoms with Crippen LogP contribution in [0.25, 0.3) is 0 Å². The van der Waals surface area contributed by atoms with Crippen LogP contribution in [0.3, 0.4) is 0 Å². The molecular formula is C13H16FN5. The molecule has 1 aromatic heterocycles. The summed E-state index contributed by atoms with van der Waals surface area (Å²) in [7, 11) is 0. The third kappa shape index (κ3) is 3.87. The fraction of sp³-hybridized carbons (Fsp3) is 0.308. The molecule has 0 unspecified atom stereocenters. The van der Waals surface area contributed by atoms with Crippen LogP contribution < -0.4 is 10.6 Å². The number of para-hydroxylation sites is 1. The minimum absolute atomic E-state index is 0.270. The van der Waals surface area contributed by atoms with Gasteiger partial charge in [0.1, 0.15) is 5.82 Å². The lowest BCUT2D eigenvalue weighted by atomic mass is 10.3. The van der Waals surface area contributed by atoms with Crippen molar-refractivity contribution < 1.29 is 4.39 Å². The van der Waals surface area contributed by atoms with E-state index in [-0.39, 0.29) is 11.8 Å². The highest BCUT2D eigenvalue weighted by Crippen LogP contribution is 2.16. The molecule has 6 heteroatoms. The van der Waals surface area contributed by atoms with Crippen molar-refractivity contribution in [1.82, 2.24) is 15.2 Å². The summed E-state index contributed by atoms with van der Waals surface area (Å²) in [5.74, 6) is 0.546. The molecule has 0 aliphatic carbocycles. The fourth-order valence-electron chi connectivity index (χ4n) is 1.52. The number of aromatic nitrogens is 3. The SMILES string of the molecule is CCCCNc1cnnc(Nc2ccccc2F)n1. The van der Waals surface area contributed by atoms with Crippen molar-refractivity contribution in [2.24, 2.45) is 0 Å². The zero-order valence-electron chi connectivity index (χ0n) is 10.7. The first-order chi connectivity index (χ1) is 9.29. The molecule has 19 heavy (non-hydrogen) atoms. The van der Waals surface area contributed by atoms with Gasteiger partial charge >= 0.3 is 0 Å². The minimum atomic E-state index is -0.351. The molecule has 5 nitrogen and oxygen atoms in total. The van der Waals surface area contributed by atoms with Gasteiger partial charge in [0.15, 0.2) is 5.82 Å². The Hall–Kier alpha value is -2.24. The average molecular weight is 261 g/mol. The number of hydrogen-bond donors (Lipinski definition) is 2. The lowest BCUT2D eigenvalue weighted by molar-refractivity contribution is 0.631. The first-order valence-electron chi connectivity index (χ1n) is 6.24. The predicted molar refractivity (Wildman–Crippen MR) is 72.9 cm³/mol. The van der Waals surface area contributed by atoms with Gasteiger partial charge in [-0.3, -0.25) is 0 Å². The molecule has 1 aromatic carbocycles. The standard InChI is InChI=1S/C13H16FN5/c1-2-3-8-15-12-9-16-19-13(18-12)17-11-7-5-4-6-10(11)14/h4-7,9H,2-3,8H2,1H3,(H2,15,17,18,19). The zero-order chi connectivity index (χ0) is 13.5. The van der Waals surface area contributed by atoms with E-state index >= 15 is 0 Å². The van der Waals surface area contributed by atoms with Crippen molar-refractivity contribution in [1.29, 1.82) is 0 Å². The second-order valence-electron chi connectivity index (χ2n) is 4.05. The summed E-state index contributed by atoms with van der Waals surface area (Å²) in [6.07, 6.45) is 3.70. The van der Waals surface area contributed by atoms with Gasteiger partial charge in [0.25, 0.3) is 0 Å². The molecule has 0 amide bonds. The van der Waals surface area contributed by atoms with E-state index in [9.17, 15) is 4.39 Å². The normalized spacial score (nSPS) is 10.2. The van der Waals surface area contributed by atoms with E-state index in [0.29, 0.717) is 11.5 Å². The molecular weight excluding hydrogens is 245 g/mol. The van der Waals surface area contributed by atoms with Crippen molar-refractivity contribution >= 4 is 17.5 Å². The molecule has 0 bridgehead atoms. The third-order valence-corrected chi connectivity index (χ3v) is 2.52. The molecule has 100 valence electrons. The van der Waals surface area contributed by atoms with E-state index in [0.717, 1.165) is 19.4 Å². The van der Waals surface area contributed by atoms with Crippen molar-refractivity contribution in [3.05, 3.63) is 36.3 Å². The molecule has 0 saturated heterocycles. The molecule has 2 aromatic rings. The van der Waals surface area contributed by atoms with Crippen LogP contribution in [0.4, 0.5) is 21.8 Å². The summed E-state index contributed by atoms with van der Waals surface area (Å²) in [6, 6.07) is 6.36. The van der Waals surface area contributed by atoms with Gasteiger partial charge in [-0.05, 0) is 18.6 Å². The molecule has 0 aliphatic heterocycles. The van der Waals surface area contributed by atoms with Gasteiger partial charge in [0, 0.05) is 6.54 Å². The third-order valence-electron chi connectivity index (χ3n) is 2.52. The minimum Gasteiger partial charge on any atom is -0.369 e. The Balaban J connectivity index is 2.05. The smallest absolute Gasteiger partial charge is 0.249 e. The van der Waals surface area contributed by atoms with E-state index in [1.165, 1.54) is 6.07 Å². The Bertz CT molecular complexity index is 532. The Morgan fingerprint density at radius 2 is 2.11 bits per heavy atom. The average Bonchev–Trinajstić information content (AvgIpc) is 2.42. The maximum Gasteiger partial charge on any atom is 0.249 e. The van der Waals surface area contributed by atoms with Crippen LogP contribution in [-0.4, -0.2) is 21.7 Å². The van der Waals surface area contributed by atoms with Crippen molar-refractivity contribution in [2.45, 2.75) is 19.8 Å². The lowest BCUT2D eigenvalue weighted by Crippen LogP contribution is -2.07.